The lowest BCUT2D eigenvalue weighted by Crippen LogP contribution is -2.86. The molecule has 0 saturated carbocycles. The maximum Gasteiger partial charge on any atom is 0.256 e. The molecule has 0 fully saturated rings. The Morgan fingerprint density at radius 2 is 1.82 bits per heavy atom. The van der Waals surface area contributed by atoms with Gasteiger partial charge in [-0.05, 0) is 40.8 Å². The molecule has 7 heterocycles. The van der Waals surface area contributed by atoms with Crippen LogP contribution in [-0.2, 0) is 21.4 Å². The standard InChI is InChI=1S/C43H34N6O6/c1-20(2)33-41-48-35-37(55-41)43-26-12-6-11-24(23-10-7-13-28-32(23)25(18-44-28)31-19-45-40(35)53-31)34(26)49-42(43)54-30-15-14-21(16-27(30)43)17-29(38(51)47-33)46-39(52)36(50)22-8-4-3-5-9-22/h3-16,18-20,29,33,36,42,44,49-50H,17H2,1-2H3,(H,46,52)(H,47,51)/p+1/t29-,33-,36-,42?,43?/m0/s1. The fourth-order valence-corrected chi connectivity index (χ4v) is 9.04. The van der Waals surface area contributed by atoms with E-state index in [1.165, 1.54) is 0 Å². The Kier molecular flexibility index (Phi) is 6.69. The summed E-state index contributed by atoms with van der Waals surface area (Å²) in [7, 11) is 0. The smallest absolute Gasteiger partial charge is 0.256 e. The minimum atomic E-state index is -1.47. The number of aromatic nitrogens is 3. The van der Waals surface area contributed by atoms with Gasteiger partial charge in [-0.3, -0.25) is 14.9 Å². The van der Waals surface area contributed by atoms with Crippen molar-refractivity contribution in [3.63, 3.8) is 0 Å². The molecule has 4 aromatic carbocycles. The summed E-state index contributed by atoms with van der Waals surface area (Å²) >= 11 is 0. The first-order valence-corrected chi connectivity index (χ1v) is 18.5. The molecule has 1 spiro atoms. The number of carbonyl (C=O) groups excluding carboxylic acids is 2. The second kappa shape index (κ2) is 11.5. The van der Waals surface area contributed by atoms with Crippen LogP contribution < -0.4 is 20.7 Å². The number of benzene rings is 4. The van der Waals surface area contributed by atoms with Crippen molar-refractivity contribution in [2.75, 3.05) is 0 Å². The summed E-state index contributed by atoms with van der Waals surface area (Å²) in [6, 6.07) is 25.3. The summed E-state index contributed by atoms with van der Waals surface area (Å²) in [5, 5.41) is 20.2. The quantitative estimate of drug-likeness (QED) is 0.152. The van der Waals surface area contributed by atoms with Crippen LogP contribution in [0.15, 0.2) is 106 Å². The first-order valence-electron chi connectivity index (χ1n) is 18.5. The number of amides is 2. The largest absolute Gasteiger partial charge is 0.441 e. The Morgan fingerprint density at radius 1 is 0.982 bits per heavy atom. The zero-order chi connectivity index (χ0) is 37.2. The van der Waals surface area contributed by atoms with Crippen LogP contribution in [0.4, 0.5) is 5.69 Å². The van der Waals surface area contributed by atoms with Gasteiger partial charge in [0.2, 0.25) is 17.7 Å². The van der Waals surface area contributed by atoms with E-state index < -0.39 is 41.6 Å². The van der Waals surface area contributed by atoms with Crippen LogP contribution >= 0.6 is 0 Å². The third kappa shape index (κ3) is 4.46. The number of hydrogen-bond acceptors (Lipinski definition) is 8. The summed E-state index contributed by atoms with van der Waals surface area (Å²) in [5.74, 6) is 0.990. The number of H-pyrrole nitrogens is 1. The van der Waals surface area contributed by atoms with E-state index in [0.717, 1.165) is 50.0 Å². The molecule has 272 valence electrons. The van der Waals surface area contributed by atoms with Gasteiger partial charge in [-0.15, -0.1) is 0 Å². The number of ether oxygens (including phenoxy) is 1. The summed E-state index contributed by atoms with van der Waals surface area (Å²) < 4.78 is 20.5. The molecule has 11 rings (SSSR count). The van der Waals surface area contributed by atoms with Crippen LogP contribution in [0.5, 0.6) is 5.75 Å². The van der Waals surface area contributed by atoms with Crippen LogP contribution in [0.3, 0.4) is 0 Å². The number of aromatic amines is 1. The molecule has 0 radical (unpaired) electrons. The van der Waals surface area contributed by atoms with Gasteiger partial charge < -0.3 is 34.3 Å². The molecule has 4 aliphatic rings. The van der Waals surface area contributed by atoms with Crippen molar-refractivity contribution in [3.8, 4) is 39.8 Å². The lowest BCUT2D eigenvalue weighted by atomic mass is 9.72. The van der Waals surface area contributed by atoms with Crippen molar-refractivity contribution in [3.05, 3.63) is 131 Å². The number of nitrogens with one attached hydrogen (secondary N) is 3. The molecule has 5 atom stereocenters. The molecule has 10 bridgehead atoms. The van der Waals surface area contributed by atoms with Crippen molar-refractivity contribution in [2.45, 2.75) is 50.1 Å². The van der Waals surface area contributed by atoms with E-state index in [0.29, 0.717) is 28.5 Å². The third-order valence-corrected chi connectivity index (χ3v) is 11.6. The van der Waals surface area contributed by atoms with Gasteiger partial charge in [0.15, 0.2) is 28.7 Å². The van der Waals surface area contributed by atoms with Gasteiger partial charge in [-0.25, -0.2) is 9.97 Å². The normalized spacial score (nSPS) is 22.0. The monoisotopic (exact) mass is 731 g/mol. The Balaban J connectivity index is 1.16. The van der Waals surface area contributed by atoms with Crippen LogP contribution in [0.2, 0.25) is 0 Å². The Morgan fingerprint density at radius 3 is 2.67 bits per heavy atom. The second-order valence-corrected chi connectivity index (χ2v) is 15.1. The molecule has 12 nitrogen and oxygen atoms in total. The van der Waals surface area contributed by atoms with Crippen LogP contribution in [0.25, 0.3) is 44.9 Å². The molecular formula is C43H35N6O6+. The first-order chi connectivity index (χ1) is 26.8. The molecule has 12 heteroatoms. The summed E-state index contributed by atoms with van der Waals surface area (Å²) in [4.78, 5) is 41.2. The highest BCUT2D eigenvalue weighted by atomic mass is 16.5. The number of hydrogen-bond donors (Lipinski definition) is 5. The average molecular weight is 732 g/mol. The van der Waals surface area contributed by atoms with Crippen molar-refractivity contribution < 1.29 is 33.6 Å². The van der Waals surface area contributed by atoms with E-state index in [9.17, 15) is 14.7 Å². The average Bonchev–Trinajstić information content (AvgIpc) is 4.02. The number of nitrogens with zero attached hydrogens (tertiary/aromatic N) is 2. The highest BCUT2D eigenvalue weighted by Crippen LogP contribution is 2.58. The molecule has 0 saturated heterocycles. The highest BCUT2D eigenvalue weighted by Gasteiger charge is 2.65. The lowest BCUT2D eigenvalue weighted by molar-refractivity contribution is -0.639. The Bertz CT molecular complexity index is 2730. The lowest BCUT2D eigenvalue weighted by Gasteiger charge is -2.27. The van der Waals surface area contributed by atoms with E-state index in [-0.39, 0.29) is 24.1 Å². The maximum absolute atomic E-state index is 14.3. The SMILES string of the molecule is CC(C)[C@@H]1NC(=O)[C@@H](NC(=O)[C@@H](O)c2ccccc2)Cc2ccc3c(c2)C24c5cccc(c5[NH2+]C2O3)-c2cccc3[nH]cc(c23)-c2cnc(o2)-c2nc1oc24. The number of rotatable bonds is 4. The predicted molar refractivity (Wildman–Crippen MR) is 200 cm³/mol. The van der Waals surface area contributed by atoms with Crippen molar-refractivity contribution in [1.82, 2.24) is 25.6 Å². The Hall–Kier alpha value is -6.50. The number of aliphatic hydroxyl groups is 1. The number of aliphatic hydroxyl groups excluding tert-OH is 1. The van der Waals surface area contributed by atoms with Crippen LogP contribution in [-0.4, -0.2) is 44.1 Å². The van der Waals surface area contributed by atoms with Crippen LogP contribution in [0.1, 0.15) is 59.9 Å². The van der Waals surface area contributed by atoms with Crippen molar-refractivity contribution >= 4 is 28.4 Å². The number of fused-ring (bicyclic) bond motifs is 7. The molecule has 0 aliphatic carbocycles. The Labute approximate surface area is 314 Å². The molecule has 3 aromatic heterocycles. The highest BCUT2D eigenvalue weighted by molar-refractivity contribution is 6.06. The fraction of sp³-hybridized carbons (Fsp3) is 0.209. The van der Waals surface area contributed by atoms with Gasteiger partial charge in [0.05, 0.1) is 6.20 Å². The molecule has 7 aromatic rings. The van der Waals surface area contributed by atoms with E-state index in [2.05, 4.69) is 51.3 Å². The van der Waals surface area contributed by atoms with E-state index in [4.69, 9.17) is 23.5 Å². The molecule has 2 unspecified atom stereocenters. The molecular weight excluding hydrogens is 697 g/mol. The third-order valence-electron chi connectivity index (χ3n) is 11.6. The number of carbonyl (C=O) groups is 2. The van der Waals surface area contributed by atoms with Gasteiger partial charge >= 0.3 is 0 Å². The zero-order valence-corrected chi connectivity index (χ0v) is 29.8. The topological polar surface area (TPSA) is 172 Å². The molecule has 2 amide bonds. The van der Waals surface area contributed by atoms with Crippen LogP contribution in [0, 0.1) is 5.92 Å². The summed E-state index contributed by atoms with van der Waals surface area (Å²) in [5.41, 5.74) is 7.36. The summed E-state index contributed by atoms with van der Waals surface area (Å²) in [6.07, 6.45) is 1.81. The first kappa shape index (κ1) is 32.0. The zero-order valence-electron chi connectivity index (χ0n) is 29.8. The van der Waals surface area contributed by atoms with E-state index in [1.807, 2.05) is 50.4 Å². The number of quaternary nitrogens is 1. The fourth-order valence-electron chi connectivity index (χ4n) is 9.04. The number of para-hydroxylation sites is 1. The van der Waals surface area contributed by atoms with Crippen molar-refractivity contribution in [1.29, 1.82) is 0 Å². The van der Waals surface area contributed by atoms with Crippen molar-refractivity contribution in [2.24, 2.45) is 5.92 Å². The number of nitrogens with two attached hydrogens (primary N) is 1. The number of oxazole rings is 2. The summed E-state index contributed by atoms with van der Waals surface area (Å²) in [6.45, 7) is 3.94. The minimum Gasteiger partial charge on any atom is -0.441 e. The minimum absolute atomic E-state index is 0.148. The second-order valence-electron chi connectivity index (χ2n) is 15.1. The van der Waals surface area contributed by atoms with Gasteiger partial charge in [0, 0.05) is 45.8 Å². The van der Waals surface area contributed by atoms with Gasteiger partial charge in [0.1, 0.15) is 23.5 Å². The molecule has 55 heavy (non-hydrogen) atoms. The van der Waals surface area contributed by atoms with E-state index in [1.54, 1.807) is 30.5 Å². The molecule has 6 N–H and O–H groups in total. The molecule has 4 aliphatic heterocycles. The van der Waals surface area contributed by atoms with Gasteiger partial charge in [-0.2, -0.15) is 0 Å². The van der Waals surface area contributed by atoms with E-state index >= 15 is 0 Å². The van der Waals surface area contributed by atoms with Gasteiger partial charge in [-0.1, -0.05) is 80.6 Å². The van der Waals surface area contributed by atoms with Gasteiger partial charge in [0.25, 0.3) is 12.1 Å². The maximum atomic E-state index is 14.3. The predicted octanol–water partition coefficient (Wildman–Crippen LogP) is 5.31.